The molecule has 0 aliphatic carbocycles. The number of hydrogen-bond donors (Lipinski definition) is 1. The van der Waals surface area contributed by atoms with Gasteiger partial charge in [-0.05, 0) is 35.6 Å². The van der Waals surface area contributed by atoms with Crippen LogP contribution in [-0.2, 0) is 22.6 Å². The van der Waals surface area contributed by atoms with Crippen molar-refractivity contribution in [1.29, 1.82) is 0 Å². The van der Waals surface area contributed by atoms with E-state index in [9.17, 15) is 4.79 Å². The minimum atomic E-state index is 0.0141. The van der Waals surface area contributed by atoms with Crippen LogP contribution in [0, 0.1) is 0 Å². The summed E-state index contributed by atoms with van der Waals surface area (Å²) in [6.45, 7) is 4.21. The average Bonchev–Trinajstić information content (AvgIpc) is 2.48. The van der Waals surface area contributed by atoms with Gasteiger partial charge in [-0.2, -0.15) is 0 Å². The van der Waals surface area contributed by atoms with Crippen molar-refractivity contribution in [2.24, 2.45) is 0 Å². The lowest BCUT2D eigenvalue weighted by Crippen LogP contribution is -2.31. The Hall–Kier alpha value is -2.13. The zero-order valence-electron chi connectivity index (χ0n) is 13.4. The first-order valence-corrected chi connectivity index (χ1v) is 7.53. The van der Waals surface area contributed by atoms with Gasteiger partial charge in [-0.25, -0.2) is 0 Å². The zero-order valence-corrected chi connectivity index (χ0v) is 13.4. The van der Waals surface area contributed by atoms with E-state index in [0.29, 0.717) is 6.61 Å². The SMILES string of the molecule is COCc1ccc(-c2ccc(CC(C)NC(C)=O)cc2)cc1. The Labute approximate surface area is 132 Å². The highest BCUT2D eigenvalue weighted by Crippen LogP contribution is 2.21. The number of methoxy groups -OCH3 is 1. The van der Waals surface area contributed by atoms with Crippen molar-refractivity contribution < 1.29 is 9.53 Å². The Balaban J connectivity index is 2.03. The van der Waals surface area contributed by atoms with Crippen LogP contribution in [-0.4, -0.2) is 19.1 Å². The summed E-state index contributed by atoms with van der Waals surface area (Å²) in [6.07, 6.45) is 0.840. The molecule has 116 valence electrons. The summed E-state index contributed by atoms with van der Waals surface area (Å²) in [5.74, 6) is 0.0141. The molecule has 2 aromatic carbocycles. The van der Waals surface area contributed by atoms with Gasteiger partial charge in [-0.3, -0.25) is 4.79 Å². The minimum absolute atomic E-state index is 0.0141. The third kappa shape index (κ3) is 4.71. The largest absolute Gasteiger partial charge is 0.380 e. The maximum atomic E-state index is 11.0. The third-order valence-corrected chi connectivity index (χ3v) is 3.54. The molecule has 3 heteroatoms. The van der Waals surface area contributed by atoms with Crippen LogP contribution in [0.1, 0.15) is 25.0 Å². The van der Waals surface area contributed by atoms with Crippen LogP contribution in [0.2, 0.25) is 0 Å². The van der Waals surface area contributed by atoms with E-state index in [1.807, 2.05) is 6.92 Å². The summed E-state index contributed by atoms with van der Waals surface area (Å²) < 4.78 is 5.12. The molecule has 0 bridgehead atoms. The summed E-state index contributed by atoms with van der Waals surface area (Å²) in [5.41, 5.74) is 4.79. The van der Waals surface area contributed by atoms with Gasteiger partial charge in [0.05, 0.1) is 6.61 Å². The van der Waals surface area contributed by atoms with Crippen molar-refractivity contribution in [2.45, 2.75) is 32.9 Å². The van der Waals surface area contributed by atoms with Crippen molar-refractivity contribution in [3.8, 4) is 11.1 Å². The van der Waals surface area contributed by atoms with Gasteiger partial charge in [0.25, 0.3) is 0 Å². The second-order valence-electron chi connectivity index (χ2n) is 5.63. The molecule has 0 saturated heterocycles. The van der Waals surface area contributed by atoms with E-state index in [2.05, 4.69) is 53.8 Å². The van der Waals surface area contributed by atoms with Gasteiger partial charge in [-0.15, -0.1) is 0 Å². The normalized spacial score (nSPS) is 12.0. The fraction of sp³-hybridized carbons (Fsp3) is 0.316. The molecule has 22 heavy (non-hydrogen) atoms. The molecule has 0 heterocycles. The first kappa shape index (κ1) is 16.2. The van der Waals surface area contributed by atoms with Crippen molar-refractivity contribution in [1.82, 2.24) is 5.32 Å². The standard InChI is InChI=1S/C19H23NO2/c1-14(20-15(2)21)12-16-4-8-18(9-5-16)19-10-6-17(7-11-19)13-22-3/h4-11,14H,12-13H2,1-3H3,(H,20,21). The van der Waals surface area contributed by atoms with Crippen LogP contribution in [0.5, 0.6) is 0 Å². The van der Waals surface area contributed by atoms with E-state index >= 15 is 0 Å². The fourth-order valence-electron chi connectivity index (χ4n) is 2.54. The number of nitrogens with one attached hydrogen (secondary N) is 1. The predicted molar refractivity (Wildman–Crippen MR) is 89.6 cm³/mol. The number of hydrogen-bond acceptors (Lipinski definition) is 2. The highest BCUT2D eigenvalue weighted by Gasteiger charge is 2.05. The second-order valence-corrected chi connectivity index (χ2v) is 5.63. The minimum Gasteiger partial charge on any atom is -0.380 e. The van der Waals surface area contributed by atoms with Crippen molar-refractivity contribution in [3.63, 3.8) is 0 Å². The smallest absolute Gasteiger partial charge is 0.217 e. The Morgan fingerprint density at radius 2 is 1.50 bits per heavy atom. The Morgan fingerprint density at radius 1 is 1.00 bits per heavy atom. The maximum Gasteiger partial charge on any atom is 0.217 e. The number of rotatable bonds is 6. The Bertz CT molecular complexity index is 602. The van der Waals surface area contributed by atoms with Crippen LogP contribution >= 0.6 is 0 Å². The fourth-order valence-corrected chi connectivity index (χ4v) is 2.54. The van der Waals surface area contributed by atoms with Gasteiger partial charge in [0.2, 0.25) is 5.91 Å². The molecule has 0 aromatic heterocycles. The van der Waals surface area contributed by atoms with Gasteiger partial charge in [0, 0.05) is 20.1 Å². The summed E-state index contributed by atoms with van der Waals surface area (Å²) in [6, 6.07) is 17.1. The summed E-state index contributed by atoms with van der Waals surface area (Å²) in [5, 5.41) is 2.90. The summed E-state index contributed by atoms with van der Waals surface area (Å²) in [7, 11) is 1.70. The topological polar surface area (TPSA) is 38.3 Å². The molecule has 0 saturated carbocycles. The molecule has 1 amide bonds. The Morgan fingerprint density at radius 3 is 1.95 bits per heavy atom. The maximum absolute atomic E-state index is 11.0. The van der Waals surface area contributed by atoms with E-state index in [-0.39, 0.29) is 11.9 Å². The Kier molecular flexibility index (Phi) is 5.73. The lowest BCUT2D eigenvalue weighted by atomic mass is 10.0. The highest BCUT2D eigenvalue weighted by atomic mass is 16.5. The molecule has 0 spiro atoms. The monoisotopic (exact) mass is 297 g/mol. The van der Waals surface area contributed by atoms with E-state index in [1.54, 1.807) is 14.0 Å². The number of ether oxygens (including phenoxy) is 1. The molecule has 2 rings (SSSR count). The van der Waals surface area contributed by atoms with Crippen molar-refractivity contribution in [3.05, 3.63) is 59.7 Å². The molecule has 2 aromatic rings. The zero-order chi connectivity index (χ0) is 15.9. The van der Waals surface area contributed by atoms with Gasteiger partial charge in [0.15, 0.2) is 0 Å². The average molecular weight is 297 g/mol. The molecule has 3 nitrogen and oxygen atoms in total. The first-order chi connectivity index (χ1) is 10.6. The molecule has 1 N–H and O–H groups in total. The van der Waals surface area contributed by atoms with Crippen LogP contribution in [0.15, 0.2) is 48.5 Å². The predicted octanol–water partition coefficient (Wildman–Crippen LogP) is 3.57. The number of benzene rings is 2. The van der Waals surface area contributed by atoms with E-state index in [0.717, 1.165) is 6.42 Å². The van der Waals surface area contributed by atoms with Crippen molar-refractivity contribution >= 4 is 5.91 Å². The molecule has 0 aliphatic heterocycles. The van der Waals surface area contributed by atoms with E-state index in [1.165, 1.54) is 22.3 Å². The van der Waals surface area contributed by atoms with Crippen LogP contribution in [0.3, 0.4) is 0 Å². The molecular weight excluding hydrogens is 274 g/mol. The molecule has 0 aliphatic rings. The van der Waals surface area contributed by atoms with Gasteiger partial charge >= 0.3 is 0 Å². The van der Waals surface area contributed by atoms with Crippen molar-refractivity contribution in [2.75, 3.05) is 7.11 Å². The number of amides is 1. The van der Waals surface area contributed by atoms with Gasteiger partial charge in [-0.1, -0.05) is 48.5 Å². The molecule has 1 atom stereocenters. The van der Waals surface area contributed by atoms with Gasteiger partial charge < -0.3 is 10.1 Å². The lowest BCUT2D eigenvalue weighted by Gasteiger charge is -2.12. The van der Waals surface area contributed by atoms with Crippen LogP contribution < -0.4 is 5.32 Å². The lowest BCUT2D eigenvalue weighted by molar-refractivity contribution is -0.119. The second kappa shape index (κ2) is 7.76. The third-order valence-electron chi connectivity index (χ3n) is 3.54. The van der Waals surface area contributed by atoms with Crippen LogP contribution in [0.25, 0.3) is 11.1 Å². The summed E-state index contributed by atoms with van der Waals surface area (Å²) >= 11 is 0. The first-order valence-electron chi connectivity index (χ1n) is 7.53. The summed E-state index contributed by atoms with van der Waals surface area (Å²) in [4.78, 5) is 11.0. The molecule has 0 fully saturated rings. The quantitative estimate of drug-likeness (QED) is 0.885. The highest BCUT2D eigenvalue weighted by molar-refractivity contribution is 5.73. The molecule has 0 radical (unpaired) electrons. The van der Waals surface area contributed by atoms with Gasteiger partial charge in [0.1, 0.15) is 0 Å². The van der Waals surface area contributed by atoms with Crippen LogP contribution in [0.4, 0.5) is 0 Å². The molecule has 1 unspecified atom stereocenters. The number of carbonyl (C=O) groups is 1. The van der Waals surface area contributed by atoms with E-state index < -0.39 is 0 Å². The van der Waals surface area contributed by atoms with E-state index in [4.69, 9.17) is 4.74 Å². The molecular formula is C19H23NO2. The number of carbonyl (C=O) groups excluding carboxylic acids is 1.